The first-order chi connectivity index (χ1) is 8.66. The Morgan fingerprint density at radius 1 is 1.44 bits per heavy atom. The van der Waals surface area contributed by atoms with Crippen molar-refractivity contribution >= 4 is 5.69 Å². The molecule has 0 aliphatic heterocycles. The van der Waals surface area contributed by atoms with Crippen LogP contribution in [0.5, 0.6) is 0 Å². The van der Waals surface area contributed by atoms with Crippen molar-refractivity contribution in [3.63, 3.8) is 0 Å². The lowest BCUT2D eigenvalue weighted by Gasteiger charge is -2.13. The second-order valence-corrected chi connectivity index (χ2v) is 4.06. The summed E-state index contributed by atoms with van der Waals surface area (Å²) in [6.07, 6.45) is 3.59. The molecule has 2 N–H and O–H groups in total. The number of nitro benzene ring substituents is 1. The van der Waals surface area contributed by atoms with Crippen LogP contribution >= 0.6 is 0 Å². The summed E-state index contributed by atoms with van der Waals surface area (Å²) in [6.45, 7) is 2.72. The van der Waals surface area contributed by atoms with E-state index in [2.05, 4.69) is 15.5 Å². The fraction of sp³-hybridized carbons (Fsp3) is 0.250. The van der Waals surface area contributed by atoms with E-state index in [-0.39, 0.29) is 11.7 Å². The van der Waals surface area contributed by atoms with Crippen LogP contribution in [0.3, 0.4) is 0 Å². The number of hydrogen-bond donors (Lipinski definition) is 2. The van der Waals surface area contributed by atoms with Gasteiger partial charge in [0.1, 0.15) is 0 Å². The van der Waals surface area contributed by atoms with Crippen molar-refractivity contribution in [1.29, 1.82) is 0 Å². The van der Waals surface area contributed by atoms with Gasteiger partial charge in [0.15, 0.2) is 0 Å². The van der Waals surface area contributed by atoms with Gasteiger partial charge in [-0.05, 0) is 12.5 Å². The molecule has 6 nitrogen and oxygen atoms in total. The molecule has 1 aromatic heterocycles. The Bertz CT molecular complexity index is 507. The minimum Gasteiger partial charge on any atom is -0.306 e. The molecule has 1 heterocycles. The van der Waals surface area contributed by atoms with E-state index in [1.54, 1.807) is 18.3 Å². The van der Waals surface area contributed by atoms with Crippen molar-refractivity contribution < 1.29 is 4.92 Å². The molecule has 1 aromatic carbocycles. The number of hydrogen-bond acceptors (Lipinski definition) is 4. The molecule has 1 atom stereocenters. The van der Waals surface area contributed by atoms with Crippen LogP contribution in [0, 0.1) is 10.1 Å². The van der Waals surface area contributed by atoms with Crippen LogP contribution < -0.4 is 5.32 Å². The van der Waals surface area contributed by atoms with Gasteiger partial charge in [0.25, 0.3) is 5.69 Å². The SMILES string of the molecule is CC(NCc1cn[nH]c1)c1ccc([N+](=O)[O-])cc1. The summed E-state index contributed by atoms with van der Waals surface area (Å²) in [4.78, 5) is 10.1. The highest BCUT2D eigenvalue weighted by Gasteiger charge is 2.08. The fourth-order valence-electron chi connectivity index (χ4n) is 1.65. The van der Waals surface area contributed by atoms with E-state index in [1.165, 1.54) is 12.1 Å². The number of rotatable bonds is 5. The third-order valence-corrected chi connectivity index (χ3v) is 2.77. The molecule has 0 aliphatic carbocycles. The first-order valence-electron chi connectivity index (χ1n) is 5.62. The number of nitrogens with zero attached hydrogens (tertiary/aromatic N) is 2. The van der Waals surface area contributed by atoms with Crippen LogP contribution in [0.25, 0.3) is 0 Å². The molecule has 0 aliphatic rings. The van der Waals surface area contributed by atoms with E-state index in [1.807, 2.05) is 13.1 Å². The predicted molar refractivity (Wildman–Crippen MR) is 66.9 cm³/mol. The molecule has 0 spiro atoms. The van der Waals surface area contributed by atoms with Gasteiger partial charge in [-0.3, -0.25) is 15.2 Å². The van der Waals surface area contributed by atoms with Gasteiger partial charge in [-0.25, -0.2) is 0 Å². The Kier molecular flexibility index (Phi) is 3.69. The standard InChI is InChI=1S/C12H14N4O2/c1-9(13-6-10-7-14-15-8-10)11-2-4-12(5-3-11)16(17)18/h2-5,7-9,13H,6H2,1H3,(H,14,15). The second kappa shape index (κ2) is 5.42. The zero-order valence-corrected chi connectivity index (χ0v) is 9.96. The molecule has 0 amide bonds. The minimum atomic E-state index is -0.395. The van der Waals surface area contributed by atoms with Crippen LogP contribution in [-0.2, 0) is 6.54 Å². The highest BCUT2D eigenvalue weighted by Crippen LogP contribution is 2.17. The van der Waals surface area contributed by atoms with E-state index >= 15 is 0 Å². The number of aromatic nitrogens is 2. The monoisotopic (exact) mass is 246 g/mol. The smallest absolute Gasteiger partial charge is 0.269 e. The van der Waals surface area contributed by atoms with Crippen molar-refractivity contribution in [3.05, 3.63) is 57.9 Å². The molecule has 6 heteroatoms. The number of non-ortho nitro benzene ring substituents is 1. The first-order valence-corrected chi connectivity index (χ1v) is 5.62. The van der Waals surface area contributed by atoms with Crippen LogP contribution in [0.4, 0.5) is 5.69 Å². The third kappa shape index (κ3) is 2.92. The summed E-state index contributed by atoms with van der Waals surface area (Å²) in [5.41, 5.74) is 2.20. The van der Waals surface area contributed by atoms with Gasteiger partial charge in [-0.15, -0.1) is 0 Å². The van der Waals surface area contributed by atoms with Gasteiger partial charge in [-0.2, -0.15) is 5.10 Å². The molecule has 0 fully saturated rings. The Balaban J connectivity index is 1.96. The number of benzene rings is 1. The molecule has 0 saturated carbocycles. The predicted octanol–water partition coefficient (Wildman–Crippen LogP) is 2.17. The largest absolute Gasteiger partial charge is 0.306 e. The summed E-state index contributed by atoms with van der Waals surface area (Å²) < 4.78 is 0. The van der Waals surface area contributed by atoms with Gasteiger partial charge in [0.05, 0.1) is 11.1 Å². The fourth-order valence-corrected chi connectivity index (χ4v) is 1.65. The maximum atomic E-state index is 10.5. The molecule has 94 valence electrons. The van der Waals surface area contributed by atoms with Crippen LogP contribution in [0.1, 0.15) is 24.1 Å². The summed E-state index contributed by atoms with van der Waals surface area (Å²) in [6, 6.07) is 6.70. The maximum Gasteiger partial charge on any atom is 0.269 e. The van der Waals surface area contributed by atoms with Crippen molar-refractivity contribution in [3.8, 4) is 0 Å². The van der Waals surface area contributed by atoms with Crippen LogP contribution in [0.15, 0.2) is 36.7 Å². The Hall–Kier alpha value is -2.21. The molecular formula is C12H14N4O2. The van der Waals surface area contributed by atoms with E-state index in [4.69, 9.17) is 0 Å². The first kappa shape index (κ1) is 12.3. The van der Waals surface area contributed by atoms with Crippen molar-refractivity contribution in [2.75, 3.05) is 0 Å². The zero-order chi connectivity index (χ0) is 13.0. The van der Waals surface area contributed by atoms with Gasteiger partial charge in [-0.1, -0.05) is 12.1 Å². The van der Waals surface area contributed by atoms with E-state index in [9.17, 15) is 10.1 Å². The van der Waals surface area contributed by atoms with Crippen molar-refractivity contribution in [2.24, 2.45) is 0 Å². The molecule has 18 heavy (non-hydrogen) atoms. The van der Waals surface area contributed by atoms with Crippen LogP contribution in [-0.4, -0.2) is 15.1 Å². The van der Waals surface area contributed by atoms with Gasteiger partial charge < -0.3 is 5.32 Å². The number of aromatic amines is 1. The Labute approximate surface area is 104 Å². The lowest BCUT2D eigenvalue weighted by atomic mass is 10.1. The summed E-state index contributed by atoms with van der Waals surface area (Å²) in [5, 5.41) is 20.5. The highest BCUT2D eigenvalue weighted by molar-refractivity contribution is 5.34. The molecular weight excluding hydrogens is 232 g/mol. The number of H-pyrrole nitrogens is 1. The molecule has 2 rings (SSSR count). The van der Waals surface area contributed by atoms with Crippen LogP contribution in [0.2, 0.25) is 0 Å². The summed E-state index contributed by atoms with van der Waals surface area (Å²) in [5.74, 6) is 0. The van der Waals surface area contributed by atoms with E-state index < -0.39 is 4.92 Å². The summed E-state index contributed by atoms with van der Waals surface area (Å²) in [7, 11) is 0. The van der Waals surface area contributed by atoms with E-state index in [0.717, 1.165) is 11.1 Å². The number of nitrogens with one attached hydrogen (secondary N) is 2. The molecule has 0 saturated heterocycles. The molecule has 0 radical (unpaired) electrons. The van der Waals surface area contributed by atoms with Gasteiger partial charge in [0, 0.05) is 36.5 Å². The van der Waals surface area contributed by atoms with Crippen molar-refractivity contribution in [1.82, 2.24) is 15.5 Å². The van der Waals surface area contributed by atoms with E-state index in [0.29, 0.717) is 6.54 Å². The lowest BCUT2D eigenvalue weighted by molar-refractivity contribution is -0.384. The average Bonchev–Trinajstić information content (AvgIpc) is 2.89. The summed E-state index contributed by atoms with van der Waals surface area (Å²) >= 11 is 0. The molecule has 1 unspecified atom stereocenters. The van der Waals surface area contributed by atoms with Crippen molar-refractivity contribution in [2.45, 2.75) is 19.5 Å². The molecule has 0 bridgehead atoms. The Morgan fingerprint density at radius 3 is 2.72 bits per heavy atom. The lowest BCUT2D eigenvalue weighted by Crippen LogP contribution is -2.17. The minimum absolute atomic E-state index is 0.112. The Morgan fingerprint density at radius 2 is 2.17 bits per heavy atom. The number of nitro groups is 1. The maximum absolute atomic E-state index is 10.5. The molecule has 2 aromatic rings. The van der Waals surface area contributed by atoms with Gasteiger partial charge >= 0.3 is 0 Å². The normalized spacial score (nSPS) is 12.3. The quantitative estimate of drug-likeness (QED) is 0.625. The zero-order valence-electron chi connectivity index (χ0n) is 9.96. The topological polar surface area (TPSA) is 83.8 Å². The third-order valence-electron chi connectivity index (χ3n) is 2.77. The second-order valence-electron chi connectivity index (χ2n) is 4.06. The highest BCUT2D eigenvalue weighted by atomic mass is 16.6. The average molecular weight is 246 g/mol. The van der Waals surface area contributed by atoms with Gasteiger partial charge in [0.2, 0.25) is 0 Å².